The Labute approximate surface area is 101 Å². The molecule has 2 unspecified atom stereocenters. The Bertz CT molecular complexity index is 211. The maximum absolute atomic E-state index is 11.2. The molecule has 0 spiro atoms. The first-order chi connectivity index (χ1) is 7.77. The predicted molar refractivity (Wildman–Crippen MR) is 65.8 cm³/mol. The van der Waals surface area contributed by atoms with Crippen LogP contribution in [0.2, 0.25) is 0 Å². The van der Waals surface area contributed by atoms with E-state index in [1.807, 2.05) is 6.92 Å². The number of rotatable bonds is 6. The molecule has 0 aromatic rings. The number of carbonyl (C=O) groups excluding carboxylic acids is 1. The number of thioether (sulfide) groups is 1. The first kappa shape index (κ1) is 13.8. The van der Waals surface area contributed by atoms with E-state index < -0.39 is 0 Å². The predicted octanol–water partition coefficient (Wildman–Crippen LogP) is 1.05. The van der Waals surface area contributed by atoms with Crippen molar-refractivity contribution in [1.29, 1.82) is 0 Å². The molecule has 0 aromatic heterocycles. The van der Waals surface area contributed by atoms with Crippen molar-refractivity contribution in [2.24, 2.45) is 0 Å². The Kier molecular flexibility index (Phi) is 6.84. The lowest BCUT2D eigenvalue weighted by Gasteiger charge is -2.31. The van der Waals surface area contributed by atoms with Crippen molar-refractivity contribution in [3.8, 4) is 0 Å². The normalized spacial score (nSPS) is 25.4. The third-order valence-electron chi connectivity index (χ3n) is 2.49. The minimum absolute atomic E-state index is 0.131. The van der Waals surface area contributed by atoms with Crippen molar-refractivity contribution < 1.29 is 14.3 Å². The van der Waals surface area contributed by atoms with Crippen molar-refractivity contribution in [3.63, 3.8) is 0 Å². The van der Waals surface area contributed by atoms with Gasteiger partial charge < -0.3 is 14.8 Å². The van der Waals surface area contributed by atoms with Crippen LogP contribution in [0.5, 0.6) is 0 Å². The summed E-state index contributed by atoms with van der Waals surface area (Å²) >= 11 is 1.63. The number of hydrogen-bond acceptors (Lipinski definition) is 5. The van der Waals surface area contributed by atoms with Crippen molar-refractivity contribution in [3.05, 3.63) is 0 Å². The number of nitrogens with one attached hydrogen (secondary N) is 1. The van der Waals surface area contributed by atoms with Gasteiger partial charge in [-0.15, -0.1) is 11.8 Å². The quantitative estimate of drug-likeness (QED) is 0.711. The SMILES string of the molecule is CCNC1CCOCC1SCC(=O)OCC. The van der Waals surface area contributed by atoms with Gasteiger partial charge in [-0.1, -0.05) is 6.92 Å². The molecule has 1 N–H and O–H groups in total. The maximum Gasteiger partial charge on any atom is 0.315 e. The van der Waals surface area contributed by atoms with Crippen LogP contribution >= 0.6 is 11.8 Å². The summed E-state index contributed by atoms with van der Waals surface area (Å²) in [5, 5.41) is 3.80. The number of esters is 1. The van der Waals surface area contributed by atoms with Gasteiger partial charge in [-0.25, -0.2) is 0 Å². The molecule has 0 aromatic carbocycles. The Hall–Kier alpha value is -0.260. The third-order valence-corrected chi connectivity index (χ3v) is 3.79. The lowest BCUT2D eigenvalue weighted by molar-refractivity contribution is -0.139. The summed E-state index contributed by atoms with van der Waals surface area (Å²) in [5.74, 6) is 0.289. The van der Waals surface area contributed by atoms with Gasteiger partial charge in [0, 0.05) is 17.9 Å². The molecule has 0 radical (unpaired) electrons. The van der Waals surface area contributed by atoms with E-state index in [0.29, 0.717) is 23.7 Å². The topological polar surface area (TPSA) is 47.6 Å². The van der Waals surface area contributed by atoms with E-state index in [-0.39, 0.29) is 5.97 Å². The lowest BCUT2D eigenvalue weighted by Crippen LogP contribution is -2.45. The zero-order chi connectivity index (χ0) is 11.8. The fourth-order valence-electron chi connectivity index (χ4n) is 1.75. The zero-order valence-corrected chi connectivity index (χ0v) is 10.8. The van der Waals surface area contributed by atoms with Crippen molar-refractivity contribution in [2.45, 2.75) is 31.6 Å². The smallest absolute Gasteiger partial charge is 0.315 e. The minimum Gasteiger partial charge on any atom is -0.465 e. The molecule has 0 saturated carbocycles. The second-order valence-electron chi connectivity index (χ2n) is 3.68. The van der Waals surface area contributed by atoms with E-state index in [1.54, 1.807) is 11.8 Å². The average molecular weight is 247 g/mol. The van der Waals surface area contributed by atoms with Crippen molar-refractivity contribution >= 4 is 17.7 Å². The van der Waals surface area contributed by atoms with Gasteiger partial charge in [0.15, 0.2) is 0 Å². The molecular formula is C11H21NO3S. The highest BCUT2D eigenvalue weighted by atomic mass is 32.2. The van der Waals surface area contributed by atoms with E-state index in [2.05, 4.69) is 12.2 Å². The van der Waals surface area contributed by atoms with Crippen LogP contribution in [0.25, 0.3) is 0 Å². The Balaban J connectivity index is 2.29. The molecule has 2 atom stereocenters. The van der Waals surface area contributed by atoms with Gasteiger partial charge in [-0.05, 0) is 19.9 Å². The largest absolute Gasteiger partial charge is 0.465 e. The fraction of sp³-hybridized carbons (Fsp3) is 0.909. The summed E-state index contributed by atoms with van der Waals surface area (Å²) in [6.07, 6.45) is 1.02. The molecule has 1 rings (SSSR count). The molecule has 0 aliphatic carbocycles. The van der Waals surface area contributed by atoms with Crippen molar-refractivity contribution in [1.82, 2.24) is 5.32 Å². The molecule has 5 heteroatoms. The van der Waals surface area contributed by atoms with E-state index in [4.69, 9.17) is 9.47 Å². The molecule has 0 bridgehead atoms. The Morgan fingerprint density at radius 1 is 1.56 bits per heavy atom. The molecule has 16 heavy (non-hydrogen) atoms. The molecule has 0 amide bonds. The summed E-state index contributed by atoms with van der Waals surface area (Å²) in [7, 11) is 0. The highest BCUT2D eigenvalue weighted by molar-refractivity contribution is 8.00. The first-order valence-electron chi connectivity index (χ1n) is 5.86. The first-order valence-corrected chi connectivity index (χ1v) is 6.91. The van der Waals surface area contributed by atoms with Gasteiger partial charge in [0.25, 0.3) is 0 Å². The highest BCUT2D eigenvalue weighted by Gasteiger charge is 2.26. The molecule has 4 nitrogen and oxygen atoms in total. The minimum atomic E-state index is -0.131. The van der Waals surface area contributed by atoms with Crippen LogP contribution in [-0.2, 0) is 14.3 Å². The second-order valence-corrected chi connectivity index (χ2v) is 4.91. The maximum atomic E-state index is 11.2. The standard InChI is InChI=1S/C11H21NO3S/c1-3-12-9-5-6-14-7-10(9)16-8-11(13)15-4-2/h9-10,12H,3-8H2,1-2H3. The van der Waals surface area contributed by atoms with Crippen LogP contribution in [0.3, 0.4) is 0 Å². The van der Waals surface area contributed by atoms with Crippen LogP contribution in [0.15, 0.2) is 0 Å². The van der Waals surface area contributed by atoms with Crippen LogP contribution in [0, 0.1) is 0 Å². The molecule has 1 aliphatic rings. The summed E-state index contributed by atoms with van der Waals surface area (Å²) < 4.78 is 10.3. The van der Waals surface area contributed by atoms with E-state index >= 15 is 0 Å². The molecule has 94 valence electrons. The van der Waals surface area contributed by atoms with Gasteiger partial charge >= 0.3 is 5.97 Å². The van der Waals surface area contributed by atoms with Gasteiger partial charge in [0.1, 0.15) is 0 Å². The lowest BCUT2D eigenvalue weighted by atomic mass is 10.1. The summed E-state index contributed by atoms with van der Waals surface area (Å²) in [4.78, 5) is 11.2. The van der Waals surface area contributed by atoms with Gasteiger partial charge in [0.2, 0.25) is 0 Å². The monoisotopic (exact) mass is 247 g/mol. The highest BCUT2D eigenvalue weighted by Crippen LogP contribution is 2.21. The zero-order valence-electron chi connectivity index (χ0n) is 10.0. The molecule has 1 saturated heterocycles. The summed E-state index contributed by atoms with van der Waals surface area (Å²) in [5.41, 5.74) is 0. The molecule has 1 fully saturated rings. The van der Waals surface area contributed by atoms with Crippen LogP contribution in [-0.4, -0.2) is 49.4 Å². The molecule has 1 heterocycles. The van der Waals surface area contributed by atoms with Crippen LogP contribution < -0.4 is 5.32 Å². The summed E-state index contributed by atoms with van der Waals surface area (Å²) in [6, 6.07) is 0.457. The van der Waals surface area contributed by atoms with Crippen LogP contribution in [0.4, 0.5) is 0 Å². The Morgan fingerprint density at radius 3 is 3.06 bits per heavy atom. The number of hydrogen-bond donors (Lipinski definition) is 1. The average Bonchev–Trinajstić information content (AvgIpc) is 2.29. The summed E-state index contributed by atoms with van der Waals surface area (Å²) in [6.45, 7) is 6.88. The van der Waals surface area contributed by atoms with Gasteiger partial charge in [-0.3, -0.25) is 4.79 Å². The van der Waals surface area contributed by atoms with E-state index in [9.17, 15) is 4.79 Å². The molecular weight excluding hydrogens is 226 g/mol. The number of ether oxygens (including phenoxy) is 2. The third kappa shape index (κ3) is 4.72. The van der Waals surface area contributed by atoms with Gasteiger partial charge in [-0.2, -0.15) is 0 Å². The number of carbonyl (C=O) groups is 1. The van der Waals surface area contributed by atoms with E-state index in [1.165, 1.54) is 0 Å². The van der Waals surface area contributed by atoms with E-state index in [0.717, 1.165) is 26.2 Å². The molecule has 1 aliphatic heterocycles. The van der Waals surface area contributed by atoms with Gasteiger partial charge in [0.05, 0.1) is 19.0 Å². The van der Waals surface area contributed by atoms with Crippen molar-refractivity contribution in [2.75, 3.05) is 32.1 Å². The fourth-order valence-corrected chi connectivity index (χ4v) is 2.84. The Morgan fingerprint density at radius 2 is 2.38 bits per heavy atom. The second kappa shape index (κ2) is 7.92. The van der Waals surface area contributed by atoms with Crippen LogP contribution in [0.1, 0.15) is 20.3 Å².